The molecule has 4 N–H and O–H groups in total. The smallest absolute Gasteiger partial charge is 0.424 e. The van der Waals surface area contributed by atoms with Crippen LogP contribution < -0.4 is 20.5 Å². The summed E-state index contributed by atoms with van der Waals surface area (Å²) in [6.07, 6.45) is -5.44. The molecule has 0 radical (unpaired) electrons. The highest BCUT2D eigenvalue weighted by Crippen LogP contribution is 2.48. The summed E-state index contributed by atoms with van der Waals surface area (Å²) in [5.74, 6) is -2.94. The highest BCUT2D eigenvalue weighted by molar-refractivity contribution is 6.35. The molecule has 1 aliphatic rings. The van der Waals surface area contributed by atoms with Crippen molar-refractivity contribution in [3.8, 4) is 22.8 Å². The number of ether oxygens (including phenoxy) is 2. The van der Waals surface area contributed by atoms with Gasteiger partial charge in [0.1, 0.15) is 34.7 Å². The Balaban J connectivity index is 1.62. The lowest BCUT2D eigenvalue weighted by atomic mass is 9.81. The lowest BCUT2D eigenvalue weighted by Gasteiger charge is -2.31. The summed E-state index contributed by atoms with van der Waals surface area (Å²) in [6.45, 7) is 1.20. The number of alkyl halides is 3. The number of nitrogens with zero attached hydrogens (tertiary/aromatic N) is 2. The zero-order valence-corrected chi connectivity index (χ0v) is 26.3. The number of carbonyl (C=O) groups is 2. The van der Waals surface area contributed by atoms with E-state index in [0.29, 0.717) is 16.6 Å². The van der Waals surface area contributed by atoms with Crippen molar-refractivity contribution >= 4 is 57.5 Å². The van der Waals surface area contributed by atoms with E-state index in [1.54, 1.807) is 6.92 Å². The van der Waals surface area contributed by atoms with Crippen molar-refractivity contribution in [2.75, 3.05) is 20.3 Å². The van der Waals surface area contributed by atoms with Gasteiger partial charge in [-0.15, -0.1) is 0 Å². The molecular weight excluding hydrogens is 679 g/mol. The maximum Gasteiger partial charge on any atom is 0.424 e. The zero-order chi connectivity index (χ0) is 33.9. The number of amides is 2. The predicted octanol–water partition coefficient (Wildman–Crippen LogP) is 6.03. The van der Waals surface area contributed by atoms with Crippen LogP contribution >= 0.6 is 34.8 Å². The summed E-state index contributed by atoms with van der Waals surface area (Å²) in [4.78, 5) is 34.1. The quantitative estimate of drug-likeness (QED) is 0.158. The number of carbonyl (C=O) groups excluding carboxylic acids is 2. The molecule has 0 aliphatic carbocycles. The number of nitrogens with two attached hydrogens (primary N) is 1. The second-order valence-electron chi connectivity index (χ2n) is 10.8. The Bertz CT molecular complexity index is 1920. The standard InChI is InChI=1S/C30H23Cl3F4N4O5/c1-12-17(31)5-13-4-15(8-20(45-3)23(13)40-12)26(42)39-10-29(44,30(35,36)37)21-9-16-25(46-11-28(16,2)27(38)43)24(41-21)14-6-18(32)22(34)19(33)7-14/h4-9,44H,10-11H2,1-3H3,(H2,38,43)(H,39,42)/t28-,29?/m0/s1. The predicted molar refractivity (Wildman–Crippen MR) is 162 cm³/mol. The third-order valence-corrected chi connectivity index (χ3v) is 8.70. The summed E-state index contributed by atoms with van der Waals surface area (Å²) in [6, 6.07) is 7.06. The highest BCUT2D eigenvalue weighted by atomic mass is 35.5. The van der Waals surface area contributed by atoms with E-state index in [0.717, 1.165) is 18.2 Å². The minimum absolute atomic E-state index is 0.0810. The van der Waals surface area contributed by atoms with Crippen LogP contribution in [0.15, 0.2) is 36.4 Å². The van der Waals surface area contributed by atoms with Gasteiger partial charge in [-0.3, -0.25) is 9.59 Å². The molecule has 4 aromatic rings. The summed E-state index contributed by atoms with van der Waals surface area (Å²) in [5, 5.41) is 13.1. The number of aromatic nitrogens is 2. The van der Waals surface area contributed by atoms with Gasteiger partial charge in [0.2, 0.25) is 11.5 Å². The lowest BCUT2D eigenvalue weighted by Crippen LogP contribution is -2.51. The van der Waals surface area contributed by atoms with Gasteiger partial charge >= 0.3 is 6.18 Å². The van der Waals surface area contributed by atoms with Gasteiger partial charge < -0.3 is 25.6 Å². The summed E-state index contributed by atoms with van der Waals surface area (Å²) < 4.78 is 69.5. The van der Waals surface area contributed by atoms with Crippen LogP contribution in [0, 0.1) is 12.7 Å². The van der Waals surface area contributed by atoms with Gasteiger partial charge in [0, 0.05) is 22.1 Å². The van der Waals surface area contributed by atoms with E-state index in [1.807, 2.05) is 0 Å². The van der Waals surface area contributed by atoms with Crippen molar-refractivity contribution < 1.29 is 41.7 Å². The van der Waals surface area contributed by atoms with Gasteiger partial charge in [0.05, 0.1) is 40.1 Å². The summed E-state index contributed by atoms with van der Waals surface area (Å²) >= 11 is 18.1. The molecule has 0 bridgehead atoms. The van der Waals surface area contributed by atoms with E-state index in [4.69, 9.17) is 50.0 Å². The van der Waals surface area contributed by atoms with Crippen molar-refractivity contribution in [2.45, 2.75) is 31.0 Å². The lowest BCUT2D eigenvalue weighted by molar-refractivity contribution is -0.265. The Hall–Kier alpha value is -3.91. The first-order chi connectivity index (χ1) is 21.4. The molecule has 0 saturated heterocycles. The number of aryl methyl sites for hydroxylation is 1. The van der Waals surface area contributed by atoms with Crippen LogP contribution in [0.4, 0.5) is 17.6 Å². The average Bonchev–Trinajstić information content (AvgIpc) is 3.35. The first-order valence-electron chi connectivity index (χ1n) is 13.3. The van der Waals surface area contributed by atoms with Crippen LogP contribution in [0.5, 0.6) is 11.5 Å². The van der Waals surface area contributed by atoms with E-state index in [2.05, 4.69) is 15.3 Å². The molecule has 9 nitrogen and oxygen atoms in total. The second kappa shape index (κ2) is 11.7. The van der Waals surface area contributed by atoms with E-state index in [9.17, 15) is 32.3 Å². The number of methoxy groups -OCH3 is 1. The number of primary amides is 1. The summed E-state index contributed by atoms with van der Waals surface area (Å²) in [5.41, 5.74) is -0.729. The number of rotatable bonds is 7. The van der Waals surface area contributed by atoms with Crippen LogP contribution in [-0.4, -0.2) is 53.3 Å². The Labute approximate surface area is 273 Å². The Morgan fingerprint density at radius 3 is 2.33 bits per heavy atom. The van der Waals surface area contributed by atoms with Gasteiger partial charge in [-0.2, -0.15) is 13.2 Å². The maximum atomic E-state index is 14.8. The van der Waals surface area contributed by atoms with Crippen LogP contribution in [0.2, 0.25) is 15.1 Å². The van der Waals surface area contributed by atoms with Crippen LogP contribution in [-0.2, 0) is 15.8 Å². The number of nitrogens with one attached hydrogen (secondary N) is 1. The SMILES string of the molecule is COc1cc(C(=O)NCC(O)(c2cc3c(c(-c4cc(Cl)c(F)c(Cl)c4)n2)OC[C@]3(C)C(N)=O)C(F)(F)F)cc2cc(Cl)c(C)nc12. The maximum absolute atomic E-state index is 14.8. The van der Waals surface area contributed by atoms with Crippen molar-refractivity contribution in [2.24, 2.45) is 5.73 Å². The number of fused-ring (bicyclic) bond motifs is 2. The second-order valence-corrected chi connectivity index (χ2v) is 12.0. The fourth-order valence-electron chi connectivity index (χ4n) is 4.94. The fourth-order valence-corrected chi connectivity index (χ4v) is 5.59. The van der Waals surface area contributed by atoms with Gasteiger partial charge in [0.15, 0.2) is 5.82 Å². The molecule has 3 heterocycles. The van der Waals surface area contributed by atoms with Crippen molar-refractivity contribution in [3.63, 3.8) is 0 Å². The summed E-state index contributed by atoms with van der Waals surface area (Å²) in [7, 11) is 1.33. The number of halogens is 7. The van der Waals surface area contributed by atoms with E-state index >= 15 is 0 Å². The fraction of sp³-hybridized carbons (Fsp3) is 0.267. The monoisotopic (exact) mass is 700 g/mol. The Kier molecular flexibility index (Phi) is 8.52. The third-order valence-electron chi connectivity index (χ3n) is 7.77. The van der Waals surface area contributed by atoms with Gasteiger partial charge in [-0.25, -0.2) is 14.4 Å². The normalized spacial score (nSPS) is 17.3. The number of benzene rings is 2. The molecule has 2 atom stereocenters. The molecule has 2 amide bonds. The van der Waals surface area contributed by atoms with Gasteiger partial charge in [-0.1, -0.05) is 34.8 Å². The molecule has 0 fully saturated rings. The first-order valence-corrected chi connectivity index (χ1v) is 14.4. The molecule has 242 valence electrons. The zero-order valence-electron chi connectivity index (χ0n) is 24.1. The Morgan fingerprint density at radius 1 is 1.09 bits per heavy atom. The van der Waals surface area contributed by atoms with E-state index in [1.165, 1.54) is 32.2 Å². The molecule has 1 unspecified atom stereocenters. The highest BCUT2D eigenvalue weighted by Gasteiger charge is 2.57. The average molecular weight is 702 g/mol. The molecule has 0 saturated carbocycles. The van der Waals surface area contributed by atoms with Crippen molar-refractivity contribution in [1.82, 2.24) is 15.3 Å². The minimum Gasteiger partial charge on any atom is -0.494 e. The minimum atomic E-state index is -5.44. The number of pyridine rings is 2. The largest absolute Gasteiger partial charge is 0.494 e. The van der Waals surface area contributed by atoms with Gasteiger partial charge in [0.25, 0.3) is 5.91 Å². The van der Waals surface area contributed by atoms with Crippen molar-refractivity contribution in [1.29, 1.82) is 0 Å². The number of hydrogen-bond acceptors (Lipinski definition) is 7. The van der Waals surface area contributed by atoms with Crippen LogP contribution in [0.3, 0.4) is 0 Å². The van der Waals surface area contributed by atoms with Crippen molar-refractivity contribution in [3.05, 3.63) is 79.8 Å². The molecule has 2 aromatic carbocycles. The Morgan fingerprint density at radius 2 is 1.74 bits per heavy atom. The van der Waals surface area contributed by atoms with Gasteiger partial charge in [-0.05, 0) is 50.2 Å². The van der Waals surface area contributed by atoms with E-state index in [-0.39, 0.29) is 45.5 Å². The molecular formula is C30H23Cl3F4N4O5. The third kappa shape index (κ3) is 5.55. The molecule has 2 aromatic heterocycles. The molecule has 46 heavy (non-hydrogen) atoms. The molecule has 0 spiro atoms. The number of hydrogen-bond donors (Lipinski definition) is 3. The first kappa shape index (κ1) is 33.5. The van der Waals surface area contributed by atoms with Crippen LogP contribution in [0.1, 0.15) is 34.2 Å². The van der Waals surface area contributed by atoms with Crippen LogP contribution in [0.25, 0.3) is 22.2 Å². The molecule has 1 aliphatic heterocycles. The topological polar surface area (TPSA) is 137 Å². The number of aliphatic hydroxyl groups is 1. The molecule has 16 heteroatoms. The van der Waals surface area contributed by atoms with E-state index < -0.39 is 57.1 Å². The molecule has 5 rings (SSSR count).